The number of carbonyl (C=O) groups is 1. The van der Waals surface area contributed by atoms with Crippen molar-refractivity contribution in [2.75, 3.05) is 31.6 Å². The zero-order valence-electron chi connectivity index (χ0n) is 20.8. The van der Waals surface area contributed by atoms with Gasteiger partial charge in [-0.3, -0.25) is 4.79 Å². The topological polar surface area (TPSA) is 77.4 Å². The van der Waals surface area contributed by atoms with Crippen molar-refractivity contribution in [2.24, 2.45) is 10.5 Å². The third kappa shape index (κ3) is 3.58. The summed E-state index contributed by atoms with van der Waals surface area (Å²) in [6.07, 6.45) is 0. The van der Waals surface area contributed by atoms with Gasteiger partial charge in [-0.2, -0.15) is 5.10 Å². The van der Waals surface area contributed by atoms with Crippen LogP contribution in [0.4, 0.5) is 5.69 Å². The first-order valence-corrected chi connectivity index (χ1v) is 12.0. The van der Waals surface area contributed by atoms with Gasteiger partial charge in [0, 0.05) is 13.1 Å². The fourth-order valence-corrected chi connectivity index (χ4v) is 5.77. The summed E-state index contributed by atoms with van der Waals surface area (Å²) in [5.74, 6) is 1.55. The molecule has 0 spiro atoms. The Kier molecular flexibility index (Phi) is 5.26. The summed E-state index contributed by atoms with van der Waals surface area (Å²) < 4.78 is 6.15. The van der Waals surface area contributed by atoms with E-state index in [4.69, 9.17) is 4.74 Å². The summed E-state index contributed by atoms with van der Waals surface area (Å²) in [4.78, 5) is 16.8. The molecule has 7 nitrogen and oxygen atoms in total. The first-order chi connectivity index (χ1) is 16.0. The van der Waals surface area contributed by atoms with Crippen LogP contribution in [-0.4, -0.2) is 54.5 Å². The number of anilines is 1. The molecule has 3 aliphatic rings. The minimum atomic E-state index is -0.992. The van der Waals surface area contributed by atoms with Crippen LogP contribution in [0.5, 0.6) is 5.75 Å². The van der Waals surface area contributed by atoms with Crippen molar-refractivity contribution < 1.29 is 14.6 Å². The maximum Gasteiger partial charge on any atom is 0.262 e. The van der Waals surface area contributed by atoms with Gasteiger partial charge < -0.3 is 19.6 Å². The number of rotatable bonds is 4. The molecule has 0 bridgehead atoms. The molecule has 3 aliphatic heterocycles. The van der Waals surface area contributed by atoms with Crippen LogP contribution in [-0.2, 0) is 10.4 Å². The molecule has 2 N–H and O–H groups in total. The predicted octanol–water partition coefficient (Wildman–Crippen LogP) is 3.67. The van der Waals surface area contributed by atoms with Gasteiger partial charge in [0.05, 0.1) is 11.3 Å². The summed E-state index contributed by atoms with van der Waals surface area (Å²) in [5, 5.41) is 15.2. The summed E-state index contributed by atoms with van der Waals surface area (Å²) in [6, 6.07) is 11.9. The predicted molar refractivity (Wildman–Crippen MR) is 134 cm³/mol. The minimum absolute atomic E-state index is 0.124. The highest BCUT2D eigenvalue weighted by Gasteiger charge is 2.44. The van der Waals surface area contributed by atoms with Crippen molar-refractivity contribution in [1.29, 1.82) is 0 Å². The number of likely N-dealkylation sites (tertiary alicyclic amines) is 1. The molecular formula is C27H34N4O3. The molecule has 0 radical (unpaired) electrons. The molecule has 1 amide bonds. The van der Waals surface area contributed by atoms with Gasteiger partial charge in [-0.05, 0) is 73.5 Å². The smallest absolute Gasteiger partial charge is 0.262 e. The fourth-order valence-electron chi connectivity index (χ4n) is 5.77. The van der Waals surface area contributed by atoms with E-state index in [2.05, 4.69) is 54.5 Å². The van der Waals surface area contributed by atoms with E-state index in [-0.39, 0.29) is 23.3 Å². The molecule has 0 aromatic heterocycles. The van der Waals surface area contributed by atoms with Gasteiger partial charge in [-0.1, -0.05) is 38.1 Å². The Labute approximate surface area is 201 Å². The standard InChI is InChI=1S/C27H34N4O3/c1-16(27(5)14-30(6)15-27)19-11-22-23(34-13-24-28-29-25(32)17(2)31(22)24)12-20(19)18-9-7-8-10-21(18)26(3,4)33/h7-12,16-17,33H,13-15H2,1-6H3,(H,29,32). The Morgan fingerprint density at radius 2 is 1.94 bits per heavy atom. The lowest BCUT2D eigenvalue weighted by Gasteiger charge is -2.51. The number of fused-ring (bicyclic) bond motifs is 3. The second-order valence-corrected chi connectivity index (χ2v) is 10.9. The minimum Gasteiger partial charge on any atom is -0.483 e. The zero-order valence-corrected chi connectivity index (χ0v) is 20.8. The lowest BCUT2D eigenvalue weighted by molar-refractivity contribution is -0.122. The van der Waals surface area contributed by atoms with E-state index in [0.717, 1.165) is 41.2 Å². The first-order valence-electron chi connectivity index (χ1n) is 12.0. The zero-order chi connectivity index (χ0) is 24.4. The van der Waals surface area contributed by atoms with Gasteiger partial charge in [0.15, 0.2) is 5.84 Å². The van der Waals surface area contributed by atoms with Crippen LogP contribution in [0.1, 0.15) is 51.7 Å². The average molecular weight is 463 g/mol. The average Bonchev–Trinajstić information content (AvgIpc) is 2.78. The Balaban J connectivity index is 1.73. The van der Waals surface area contributed by atoms with Crippen LogP contribution >= 0.6 is 0 Å². The number of amides is 1. The van der Waals surface area contributed by atoms with E-state index in [0.29, 0.717) is 12.4 Å². The molecule has 3 heterocycles. The van der Waals surface area contributed by atoms with Crippen LogP contribution in [0.2, 0.25) is 0 Å². The van der Waals surface area contributed by atoms with Crippen LogP contribution in [0.15, 0.2) is 41.5 Å². The second-order valence-electron chi connectivity index (χ2n) is 10.9. The third-order valence-corrected chi connectivity index (χ3v) is 7.74. The number of nitrogens with one attached hydrogen (secondary N) is 1. The van der Waals surface area contributed by atoms with Crippen molar-refractivity contribution >= 4 is 17.4 Å². The summed E-state index contributed by atoms with van der Waals surface area (Å²) in [6.45, 7) is 12.5. The van der Waals surface area contributed by atoms with Gasteiger partial charge in [-0.15, -0.1) is 0 Å². The van der Waals surface area contributed by atoms with E-state index in [1.54, 1.807) is 0 Å². The first kappa shape index (κ1) is 22.9. The van der Waals surface area contributed by atoms with Crippen LogP contribution in [0.3, 0.4) is 0 Å². The highest BCUT2D eigenvalue weighted by molar-refractivity contribution is 6.09. The van der Waals surface area contributed by atoms with E-state index in [1.807, 2.05) is 43.9 Å². The Bertz CT molecular complexity index is 1180. The van der Waals surface area contributed by atoms with Crippen molar-refractivity contribution in [3.63, 3.8) is 0 Å². The Hall–Kier alpha value is -2.90. The molecule has 2 unspecified atom stereocenters. The Morgan fingerprint density at radius 1 is 1.24 bits per heavy atom. The number of ether oxygens (including phenoxy) is 1. The molecule has 1 fully saturated rings. The lowest BCUT2D eigenvalue weighted by atomic mass is 9.67. The van der Waals surface area contributed by atoms with Crippen LogP contribution < -0.4 is 15.1 Å². The Morgan fingerprint density at radius 3 is 2.62 bits per heavy atom. The third-order valence-electron chi connectivity index (χ3n) is 7.74. The van der Waals surface area contributed by atoms with Gasteiger partial charge in [0.1, 0.15) is 18.4 Å². The van der Waals surface area contributed by atoms with Gasteiger partial charge in [-0.25, -0.2) is 5.43 Å². The highest BCUT2D eigenvalue weighted by Crippen LogP contribution is 2.50. The lowest BCUT2D eigenvalue weighted by Crippen LogP contribution is -2.56. The summed E-state index contributed by atoms with van der Waals surface area (Å²) in [7, 11) is 2.15. The maximum atomic E-state index is 12.4. The molecule has 0 aliphatic carbocycles. The largest absolute Gasteiger partial charge is 0.483 e. The van der Waals surface area contributed by atoms with E-state index in [9.17, 15) is 9.90 Å². The monoisotopic (exact) mass is 462 g/mol. The molecule has 180 valence electrons. The van der Waals surface area contributed by atoms with Crippen molar-refractivity contribution in [3.8, 4) is 16.9 Å². The molecule has 2 aromatic rings. The summed E-state index contributed by atoms with van der Waals surface area (Å²) in [5.41, 5.74) is 6.74. The molecular weight excluding hydrogens is 428 g/mol. The SMILES string of the molecule is CC1C(=O)NN=C2COc3cc(-c4ccccc4C(C)(C)O)c(C(C)C4(C)CN(C)C4)cc3N21. The molecule has 34 heavy (non-hydrogen) atoms. The van der Waals surface area contributed by atoms with Gasteiger partial charge in [0.25, 0.3) is 5.91 Å². The number of carbonyl (C=O) groups excluding carboxylic acids is 1. The van der Waals surface area contributed by atoms with Crippen molar-refractivity contribution in [1.82, 2.24) is 10.3 Å². The molecule has 1 saturated heterocycles. The molecule has 5 rings (SSSR count). The van der Waals surface area contributed by atoms with Gasteiger partial charge in [0.2, 0.25) is 0 Å². The number of hydrogen-bond donors (Lipinski definition) is 2. The van der Waals surface area contributed by atoms with E-state index in [1.165, 1.54) is 5.56 Å². The molecule has 2 aromatic carbocycles. The number of amidine groups is 1. The second kappa shape index (κ2) is 7.82. The van der Waals surface area contributed by atoms with Crippen LogP contribution in [0.25, 0.3) is 11.1 Å². The number of nitrogens with zero attached hydrogens (tertiary/aromatic N) is 3. The number of hydrazone groups is 1. The highest BCUT2D eigenvalue weighted by atomic mass is 16.5. The van der Waals surface area contributed by atoms with E-state index < -0.39 is 5.60 Å². The van der Waals surface area contributed by atoms with Crippen molar-refractivity contribution in [2.45, 2.75) is 52.2 Å². The number of aliphatic hydroxyl groups is 1. The van der Waals surface area contributed by atoms with Crippen molar-refractivity contribution in [3.05, 3.63) is 47.5 Å². The molecule has 7 heteroatoms. The summed E-state index contributed by atoms with van der Waals surface area (Å²) >= 11 is 0. The number of hydrogen-bond acceptors (Lipinski definition) is 6. The normalized spacial score (nSPS) is 22.6. The number of benzene rings is 2. The fraction of sp³-hybridized carbons (Fsp3) is 0.481. The van der Waals surface area contributed by atoms with Gasteiger partial charge >= 0.3 is 0 Å². The molecule has 0 saturated carbocycles. The quantitative estimate of drug-likeness (QED) is 0.725. The maximum absolute atomic E-state index is 12.4. The van der Waals surface area contributed by atoms with Crippen LogP contribution in [0, 0.1) is 5.41 Å². The molecule has 2 atom stereocenters. The van der Waals surface area contributed by atoms with E-state index >= 15 is 0 Å².